The van der Waals surface area contributed by atoms with E-state index in [-0.39, 0.29) is 29.6 Å². The summed E-state index contributed by atoms with van der Waals surface area (Å²) < 4.78 is 5.41. The van der Waals surface area contributed by atoms with Crippen LogP contribution >= 0.6 is 0 Å². The summed E-state index contributed by atoms with van der Waals surface area (Å²) in [5.41, 5.74) is 4.18. The molecule has 2 aromatic rings. The maximum Gasteiger partial charge on any atom is 0.345 e. The van der Waals surface area contributed by atoms with E-state index < -0.39 is 12.1 Å². The van der Waals surface area contributed by atoms with E-state index in [2.05, 4.69) is 27.7 Å². The van der Waals surface area contributed by atoms with Crippen LogP contribution in [0.15, 0.2) is 42.7 Å². The zero-order valence-corrected chi connectivity index (χ0v) is 15.7. The van der Waals surface area contributed by atoms with Gasteiger partial charge < -0.3 is 15.2 Å². The first kappa shape index (κ1) is 18.8. The van der Waals surface area contributed by atoms with Crippen LogP contribution in [0.4, 0.5) is 0 Å². The molecule has 8 heteroatoms. The van der Waals surface area contributed by atoms with E-state index in [9.17, 15) is 9.90 Å². The largest absolute Gasteiger partial charge is 0.505 e. The number of rotatable bonds is 7. The maximum absolute atomic E-state index is 12.7. The number of nitrogens with zero attached hydrogens (tertiary/aromatic N) is 2. The van der Waals surface area contributed by atoms with Gasteiger partial charge in [0.2, 0.25) is 6.10 Å². The lowest BCUT2D eigenvalue weighted by atomic mass is 9.60. The lowest BCUT2D eigenvalue weighted by Crippen LogP contribution is -2.56. The third-order valence-corrected chi connectivity index (χ3v) is 5.63. The highest BCUT2D eigenvalue weighted by Gasteiger charge is 2.53. The Balaban J connectivity index is 1.41. The molecule has 1 aromatic carbocycles. The van der Waals surface area contributed by atoms with Crippen molar-refractivity contribution in [2.45, 2.75) is 32.1 Å². The van der Waals surface area contributed by atoms with Gasteiger partial charge in [0.15, 0.2) is 11.6 Å². The van der Waals surface area contributed by atoms with Gasteiger partial charge in [-0.05, 0) is 23.3 Å². The molecule has 1 saturated carbocycles. The Morgan fingerprint density at radius 1 is 1.36 bits per heavy atom. The number of carbonyl (C=O) groups is 1. The van der Waals surface area contributed by atoms with Gasteiger partial charge in [-0.3, -0.25) is 4.84 Å². The lowest BCUT2D eigenvalue weighted by molar-refractivity contribution is -0.173. The number of hydroxylamine groups is 1. The van der Waals surface area contributed by atoms with Gasteiger partial charge in [0.05, 0.1) is 12.4 Å². The zero-order valence-electron chi connectivity index (χ0n) is 15.7. The van der Waals surface area contributed by atoms with E-state index in [0.29, 0.717) is 5.92 Å². The molecule has 1 aliphatic heterocycles. The number of ether oxygens (including phenoxy) is 1. The highest BCUT2D eigenvalue weighted by atomic mass is 16.7. The van der Waals surface area contributed by atoms with Crippen LogP contribution in [0.5, 0.6) is 5.75 Å². The molecule has 8 nitrogen and oxygen atoms in total. The lowest BCUT2D eigenvalue weighted by Gasteiger charge is -2.48. The molecule has 0 spiro atoms. The van der Waals surface area contributed by atoms with Crippen LogP contribution in [0.2, 0.25) is 0 Å². The summed E-state index contributed by atoms with van der Waals surface area (Å²) in [6.07, 6.45) is 2.30. The second-order valence-corrected chi connectivity index (χ2v) is 7.71. The Morgan fingerprint density at radius 2 is 2.11 bits per heavy atom. The van der Waals surface area contributed by atoms with Crippen molar-refractivity contribution in [1.82, 2.24) is 20.8 Å². The minimum absolute atomic E-state index is 0.0834. The van der Waals surface area contributed by atoms with Gasteiger partial charge in [-0.15, -0.1) is 0 Å². The topological polar surface area (TPSA) is 106 Å². The fraction of sp³-hybridized carbons (Fsp3) is 0.450. The molecule has 2 aliphatic rings. The van der Waals surface area contributed by atoms with Crippen molar-refractivity contribution in [1.29, 1.82) is 0 Å². The average Bonchev–Trinajstić information content (AvgIpc) is 3.00. The minimum Gasteiger partial charge on any atom is -0.505 e. The van der Waals surface area contributed by atoms with Crippen LogP contribution in [0.1, 0.15) is 30.8 Å². The van der Waals surface area contributed by atoms with E-state index in [1.165, 1.54) is 12.4 Å². The first-order valence-corrected chi connectivity index (χ1v) is 9.38. The summed E-state index contributed by atoms with van der Waals surface area (Å²) in [6, 6.07) is 9.56. The monoisotopic (exact) mass is 384 g/mol. The summed E-state index contributed by atoms with van der Waals surface area (Å²) in [5.74, 6) is -0.0854. The third kappa shape index (κ3) is 3.84. The zero-order chi connectivity index (χ0) is 19.6. The highest BCUT2D eigenvalue weighted by molar-refractivity contribution is 5.75. The van der Waals surface area contributed by atoms with Crippen molar-refractivity contribution in [2.75, 3.05) is 13.1 Å². The number of fused-ring (bicyclic) bond motifs is 1. The van der Waals surface area contributed by atoms with Crippen LogP contribution in [-0.2, 0) is 21.0 Å². The van der Waals surface area contributed by atoms with E-state index >= 15 is 0 Å². The second-order valence-electron chi connectivity index (χ2n) is 7.71. The Bertz CT molecular complexity index is 817. The fourth-order valence-corrected chi connectivity index (χ4v) is 3.98. The molecule has 3 N–H and O–H groups in total. The number of esters is 1. The second kappa shape index (κ2) is 7.83. The Hall–Kier alpha value is -2.55. The molecule has 4 atom stereocenters. The number of hydrogen-bond donors (Lipinski definition) is 3. The van der Waals surface area contributed by atoms with Gasteiger partial charge in [-0.2, -0.15) is 5.48 Å². The number of carbonyl (C=O) groups excluding carboxylic acids is 1. The summed E-state index contributed by atoms with van der Waals surface area (Å²) in [5, 5.41) is 12.8. The molecule has 4 rings (SSSR count). The third-order valence-electron chi connectivity index (χ3n) is 5.63. The predicted molar refractivity (Wildman–Crippen MR) is 99.8 cm³/mol. The van der Waals surface area contributed by atoms with Crippen LogP contribution in [0.3, 0.4) is 0 Å². The SMILES string of the molecule is CC12CNCC1C(NOC(C(=O)OCc1ccccc1)c1ncc(O)cn1)C2. The van der Waals surface area contributed by atoms with Gasteiger partial charge in [0.25, 0.3) is 0 Å². The first-order valence-electron chi connectivity index (χ1n) is 9.38. The molecular formula is C20H24N4O4. The van der Waals surface area contributed by atoms with Gasteiger partial charge in [-0.25, -0.2) is 14.8 Å². The highest BCUT2D eigenvalue weighted by Crippen LogP contribution is 2.48. The molecule has 0 radical (unpaired) electrons. The molecule has 1 aliphatic carbocycles. The summed E-state index contributed by atoms with van der Waals surface area (Å²) in [7, 11) is 0. The molecule has 1 aromatic heterocycles. The molecular weight excluding hydrogens is 360 g/mol. The Morgan fingerprint density at radius 3 is 2.82 bits per heavy atom. The summed E-state index contributed by atoms with van der Waals surface area (Å²) >= 11 is 0. The quantitative estimate of drug-likeness (QED) is 0.487. The minimum atomic E-state index is -1.12. The molecule has 148 valence electrons. The molecule has 2 heterocycles. The predicted octanol–water partition coefficient (Wildman–Crippen LogP) is 1.49. The van der Waals surface area contributed by atoms with Crippen LogP contribution in [-0.4, -0.2) is 40.2 Å². The normalized spacial score (nSPS) is 26.9. The Kier molecular flexibility index (Phi) is 5.25. The average molecular weight is 384 g/mol. The number of aromatic nitrogens is 2. The Labute approximate surface area is 163 Å². The summed E-state index contributed by atoms with van der Waals surface area (Å²) in [4.78, 5) is 26.4. The van der Waals surface area contributed by atoms with Crippen molar-refractivity contribution < 1.29 is 19.5 Å². The van der Waals surface area contributed by atoms with Crippen molar-refractivity contribution in [3.63, 3.8) is 0 Å². The van der Waals surface area contributed by atoms with Crippen LogP contribution < -0.4 is 10.8 Å². The van der Waals surface area contributed by atoms with E-state index in [0.717, 1.165) is 25.1 Å². The van der Waals surface area contributed by atoms with Crippen molar-refractivity contribution in [3.8, 4) is 5.75 Å². The van der Waals surface area contributed by atoms with Crippen LogP contribution in [0, 0.1) is 11.3 Å². The van der Waals surface area contributed by atoms with Crippen molar-refractivity contribution >= 4 is 5.97 Å². The molecule has 0 bridgehead atoms. The van der Waals surface area contributed by atoms with Gasteiger partial charge in [0.1, 0.15) is 6.61 Å². The van der Waals surface area contributed by atoms with Gasteiger partial charge in [-0.1, -0.05) is 37.3 Å². The van der Waals surface area contributed by atoms with E-state index in [4.69, 9.17) is 9.57 Å². The number of hydrogen-bond acceptors (Lipinski definition) is 8. The van der Waals surface area contributed by atoms with Crippen LogP contribution in [0.25, 0.3) is 0 Å². The van der Waals surface area contributed by atoms with Crippen molar-refractivity contribution in [2.24, 2.45) is 11.3 Å². The maximum atomic E-state index is 12.7. The molecule has 1 saturated heterocycles. The van der Waals surface area contributed by atoms with E-state index in [1.807, 2.05) is 30.3 Å². The molecule has 0 amide bonds. The van der Waals surface area contributed by atoms with Gasteiger partial charge >= 0.3 is 5.97 Å². The van der Waals surface area contributed by atoms with E-state index in [1.54, 1.807) is 0 Å². The summed E-state index contributed by atoms with van der Waals surface area (Å²) in [6.45, 7) is 4.31. The van der Waals surface area contributed by atoms with Crippen molar-refractivity contribution in [3.05, 3.63) is 54.1 Å². The smallest absolute Gasteiger partial charge is 0.345 e. The fourth-order valence-electron chi connectivity index (χ4n) is 3.98. The number of benzene rings is 1. The first-order chi connectivity index (χ1) is 13.5. The van der Waals surface area contributed by atoms with Gasteiger partial charge in [0, 0.05) is 19.1 Å². The molecule has 2 fully saturated rings. The number of nitrogens with one attached hydrogen (secondary N) is 2. The molecule has 4 unspecified atom stereocenters. The molecule has 28 heavy (non-hydrogen) atoms. The standard InChI is InChI=1S/C20H24N4O4/c1-20-7-16(15(20)10-21-12-20)24-28-17(18-22-8-14(25)9-23-18)19(26)27-11-13-5-3-2-4-6-13/h2-6,8-9,15-17,21,24-25H,7,10-12H2,1H3. The number of aromatic hydroxyl groups is 1.